The Balaban J connectivity index is 2.18. The Morgan fingerprint density at radius 3 is 0.908 bits per heavy atom. The molecule has 0 aromatic heterocycles. The normalized spacial score (nSPS) is 20.1. The zero-order chi connectivity index (χ0) is 55.4. The summed E-state index contributed by atoms with van der Waals surface area (Å²) in [5.74, 6) is -0.465. The van der Waals surface area contributed by atoms with Gasteiger partial charge in [0.25, 0.3) is 0 Å². The van der Waals surface area contributed by atoms with Gasteiger partial charge in [-0.05, 0) is 12.8 Å². The van der Waals surface area contributed by atoms with Crippen LogP contribution in [0.25, 0.3) is 0 Å². The number of carbonyl (C=O) groups excluding carboxylic acids is 1. The fourth-order valence-electron chi connectivity index (χ4n) is 10.8. The number of phosphoric acid groups is 1. The Kier molecular flexibility index (Phi) is 51.8. The highest BCUT2D eigenvalue weighted by molar-refractivity contribution is 7.47. The van der Waals surface area contributed by atoms with Gasteiger partial charge in [0.15, 0.2) is 0 Å². The van der Waals surface area contributed by atoms with Crippen LogP contribution in [0.5, 0.6) is 0 Å². The van der Waals surface area contributed by atoms with E-state index in [1.165, 1.54) is 270 Å². The first-order valence-electron chi connectivity index (χ1n) is 32.9. The number of hydrogen-bond donors (Lipinski definition) is 6. The monoisotopic (exact) mass is 1100 g/mol. The fraction of sp³-hybridized carbons (Fsp3) is 0.984. The molecule has 1 rings (SSSR count). The van der Waals surface area contributed by atoms with Crippen molar-refractivity contribution in [3.8, 4) is 0 Å². The van der Waals surface area contributed by atoms with Gasteiger partial charge in [0.2, 0.25) is 0 Å². The van der Waals surface area contributed by atoms with E-state index in [9.17, 15) is 39.8 Å². The lowest BCUT2D eigenvalue weighted by molar-refractivity contribution is -0.220. The minimum atomic E-state index is -5.02. The smallest absolute Gasteiger partial charge is 0.457 e. The van der Waals surface area contributed by atoms with E-state index in [0.29, 0.717) is 13.0 Å². The summed E-state index contributed by atoms with van der Waals surface area (Å²) in [6.07, 6.45) is 52.0. The second-order valence-electron chi connectivity index (χ2n) is 23.3. The van der Waals surface area contributed by atoms with E-state index in [-0.39, 0.29) is 13.0 Å². The Hall–Kier alpha value is -0.660. The number of esters is 1. The molecule has 0 amide bonds. The molecule has 0 aromatic carbocycles. The van der Waals surface area contributed by atoms with Crippen LogP contribution in [0.2, 0.25) is 0 Å². The standard InChI is InChI=1S/C63H125O12P/c1-3-5-7-9-11-13-15-17-19-21-23-25-26-27-28-29-30-31-32-33-34-36-38-40-42-44-46-48-50-52-57(64)74-56(55-73-76(70,71)75-63-61(68)59(66)58(65)60(67)62(63)69)54-72-53-51-49-47-45-43-41-39-37-35-24-22-20-18-16-14-12-10-8-6-4-2/h56,58-63,65-69H,3-55H2,1-2H3,(H,70,71)/t56-,58?,59-,60?,61?,62?,63?/m1/s1. The zero-order valence-electron chi connectivity index (χ0n) is 49.6. The second kappa shape index (κ2) is 53.6. The highest BCUT2D eigenvalue weighted by atomic mass is 31.2. The van der Waals surface area contributed by atoms with Crippen molar-refractivity contribution < 1.29 is 58.3 Å². The average Bonchev–Trinajstić information content (AvgIpc) is 3.41. The first-order chi connectivity index (χ1) is 37.0. The van der Waals surface area contributed by atoms with Gasteiger partial charge in [0, 0.05) is 13.0 Å². The molecule has 0 aromatic rings. The van der Waals surface area contributed by atoms with Crippen LogP contribution >= 0.6 is 7.82 Å². The number of aliphatic hydroxyl groups is 5. The summed E-state index contributed by atoms with van der Waals surface area (Å²) < 4.78 is 34.5. The van der Waals surface area contributed by atoms with Gasteiger partial charge < -0.3 is 39.9 Å². The van der Waals surface area contributed by atoms with Gasteiger partial charge in [-0.25, -0.2) is 4.57 Å². The van der Waals surface area contributed by atoms with Crippen LogP contribution in [0.15, 0.2) is 0 Å². The number of phosphoric ester groups is 1. The van der Waals surface area contributed by atoms with E-state index in [0.717, 1.165) is 38.5 Å². The summed E-state index contributed by atoms with van der Waals surface area (Å²) in [5.41, 5.74) is 0. The maximum atomic E-state index is 12.9. The lowest BCUT2D eigenvalue weighted by atomic mass is 9.85. The summed E-state index contributed by atoms with van der Waals surface area (Å²) in [6, 6.07) is 0. The minimum absolute atomic E-state index is 0.0667. The second-order valence-corrected chi connectivity index (χ2v) is 24.7. The first-order valence-corrected chi connectivity index (χ1v) is 34.4. The zero-order valence-corrected chi connectivity index (χ0v) is 50.5. The predicted octanol–water partition coefficient (Wildman–Crippen LogP) is 16.8. The summed E-state index contributed by atoms with van der Waals surface area (Å²) in [5, 5.41) is 50.5. The summed E-state index contributed by atoms with van der Waals surface area (Å²) in [6.45, 7) is 4.36. The van der Waals surface area contributed by atoms with Gasteiger partial charge >= 0.3 is 13.8 Å². The molecule has 1 saturated carbocycles. The Labute approximate surface area is 467 Å². The fourth-order valence-corrected chi connectivity index (χ4v) is 11.8. The molecule has 454 valence electrons. The molecule has 0 heterocycles. The molecule has 0 aliphatic heterocycles. The largest absolute Gasteiger partial charge is 0.472 e. The number of aliphatic hydroxyl groups excluding tert-OH is 5. The molecule has 6 unspecified atom stereocenters. The van der Waals surface area contributed by atoms with E-state index >= 15 is 0 Å². The molecule has 1 aliphatic rings. The van der Waals surface area contributed by atoms with E-state index in [4.69, 9.17) is 18.5 Å². The van der Waals surface area contributed by atoms with Gasteiger partial charge in [0.05, 0.1) is 13.2 Å². The lowest BCUT2D eigenvalue weighted by Crippen LogP contribution is -2.64. The first kappa shape index (κ1) is 73.4. The van der Waals surface area contributed by atoms with Crippen molar-refractivity contribution in [3.63, 3.8) is 0 Å². The molecular weight excluding hydrogens is 980 g/mol. The van der Waals surface area contributed by atoms with Gasteiger partial charge in [-0.1, -0.05) is 316 Å². The van der Waals surface area contributed by atoms with Gasteiger partial charge in [-0.3, -0.25) is 13.8 Å². The number of hydrogen-bond acceptors (Lipinski definition) is 11. The lowest BCUT2D eigenvalue weighted by Gasteiger charge is -2.41. The van der Waals surface area contributed by atoms with Gasteiger partial charge in [-0.2, -0.15) is 0 Å². The Morgan fingerprint density at radius 1 is 0.368 bits per heavy atom. The molecule has 0 saturated heterocycles. The van der Waals surface area contributed by atoms with Crippen LogP contribution in [0, 0.1) is 0 Å². The summed E-state index contributed by atoms with van der Waals surface area (Å²) in [4.78, 5) is 23.4. The predicted molar refractivity (Wildman–Crippen MR) is 314 cm³/mol. The van der Waals surface area contributed by atoms with Gasteiger partial charge in [-0.15, -0.1) is 0 Å². The quantitative estimate of drug-likeness (QED) is 0.0192. The topological polar surface area (TPSA) is 192 Å². The third-order valence-corrected chi connectivity index (χ3v) is 17.0. The molecule has 13 heteroatoms. The van der Waals surface area contributed by atoms with Crippen LogP contribution in [0.4, 0.5) is 0 Å². The van der Waals surface area contributed by atoms with Crippen molar-refractivity contribution in [1.82, 2.24) is 0 Å². The van der Waals surface area contributed by atoms with Crippen molar-refractivity contribution >= 4 is 13.8 Å². The van der Waals surface area contributed by atoms with Crippen molar-refractivity contribution in [1.29, 1.82) is 0 Å². The molecule has 76 heavy (non-hydrogen) atoms. The highest BCUT2D eigenvalue weighted by Gasteiger charge is 2.51. The maximum Gasteiger partial charge on any atom is 0.472 e. The molecular formula is C63H125O12P. The molecule has 12 nitrogen and oxygen atoms in total. The third kappa shape index (κ3) is 44.1. The molecule has 0 spiro atoms. The van der Waals surface area contributed by atoms with E-state index in [1.807, 2.05) is 0 Å². The van der Waals surface area contributed by atoms with Crippen molar-refractivity contribution in [3.05, 3.63) is 0 Å². The third-order valence-electron chi connectivity index (χ3n) is 16.0. The summed E-state index contributed by atoms with van der Waals surface area (Å²) in [7, 11) is -5.02. The van der Waals surface area contributed by atoms with Crippen molar-refractivity contribution in [2.75, 3.05) is 19.8 Å². The molecule has 0 bridgehead atoms. The Bertz CT molecular complexity index is 1260. The number of rotatable bonds is 59. The molecule has 8 atom stereocenters. The van der Waals surface area contributed by atoms with Crippen LogP contribution in [0.3, 0.4) is 0 Å². The molecule has 6 N–H and O–H groups in total. The molecule has 1 fully saturated rings. The highest BCUT2D eigenvalue weighted by Crippen LogP contribution is 2.47. The minimum Gasteiger partial charge on any atom is -0.457 e. The SMILES string of the molecule is CCCCCCCCCCCCCCCCCCCCCCCCCCCCCCCC(=O)O[C@H](COCCCCCCCCCCCCCCCCCCCCCC)COP(=O)(O)OC1C(O)C(O)C(O)[C@@H](O)C1O. The van der Waals surface area contributed by atoms with E-state index in [2.05, 4.69) is 13.8 Å². The molecule has 1 aliphatic carbocycles. The summed E-state index contributed by atoms with van der Waals surface area (Å²) >= 11 is 0. The van der Waals surface area contributed by atoms with E-state index < -0.39 is 63.1 Å². The average molecular weight is 1110 g/mol. The van der Waals surface area contributed by atoms with Crippen LogP contribution in [0.1, 0.15) is 335 Å². The van der Waals surface area contributed by atoms with Crippen LogP contribution < -0.4 is 0 Å². The number of ether oxygens (including phenoxy) is 2. The number of unbranched alkanes of at least 4 members (excludes halogenated alkanes) is 47. The van der Waals surface area contributed by atoms with Gasteiger partial charge in [0.1, 0.15) is 42.7 Å². The van der Waals surface area contributed by atoms with Crippen LogP contribution in [-0.4, -0.2) is 98.9 Å². The number of carbonyl (C=O) groups is 1. The van der Waals surface area contributed by atoms with Crippen molar-refractivity contribution in [2.24, 2.45) is 0 Å². The molecule has 0 radical (unpaired) electrons. The van der Waals surface area contributed by atoms with Crippen molar-refractivity contribution in [2.45, 2.75) is 378 Å². The Morgan fingerprint density at radius 2 is 0.618 bits per heavy atom. The maximum absolute atomic E-state index is 12.9. The van der Waals surface area contributed by atoms with Crippen LogP contribution in [-0.2, 0) is 27.9 Å². The van der Waals surface area contributed by atoms with E-state index in [1.54, 1.807) is 0 Å².